The Kier molecular flexibility index (Phi) is 7.65. The number of halogens is 1. The maximum absolute atomic E-state index is 12.1. The fourth-order valence-electron chi connectivity index (χ4n) is 2.59. The Balaban J connectivity index is 0.00000288. The summed E-state index contributed by atoms with van der Waals surface area (Å²) in [6.07, 6.45) is 3.36. The number of aryl methyl sites for hydroxylation is 2. The van der Waals surface area contributed by atoms with Gasteiger partial charge in [-0.25, -0.2) is 18.1 Å². The molecule has 0 saturated carbocycles. The van der Waals surface area contributed by atoms with Crippen molar-refractivity contribution in [3.8, 4) is 0 Å². The quantitative estimate of drug-likeness (QED) is 0.649. The first-order valence-electron chi connectivity index (χ1n) is 7.80. The number of carbonyl (C=O) groups is 1. The Morgan fingerprint density at radius 1 is 1.50 bits per heavy atom. The second-order valence-electron chi connectivity index (χ2n) is 6.03. The van der Waals surface area contributed by atoms with Crippen LogP contribution in [0.2, 0.25) is 0 Å². The van der Waals surface area contributed by atoms with Crippen LogP contribution >= 0.6 is 12.4 Å². The van der Waals surface area contributed by atoms with Gasteiger partial charge in [-0.3, -0.25) is 4.79 Å². The third-order valence-electron chi connectivity index (χ3n) is 3.99. The first-order valence-corrected chi connectivity index (χ1v) is 9.28. The molecular formula is C14H26ClN5O3S. The zero-order valence-electron chi connectivity index (χ0n) is 14.2. The van der Waals surface area contributed by atoms with E-state index in [0.29, 0.717) is 11.9 Å². The molecule has 8 nitrogen and oxygen atoms in total. The third-order valence-corrected chi connectivity index (χ3v) is 5.33. The summed E-state index contributed by atoms with van der Waals surface area (Å²) in [5.74, 6) is 0.479. The predicted molar refractivity (Wildman–Crippen MR) is 93.6 cm³/mol. The van der Waals surface area contributed by atoms with E-state index in [1.165, 1.54) is 6.20 Å². The number of hydrogen-bond donors (Lipinski definition) is 3. The van der Waals surface area contributed by atoms with Crippen LogP contribution in [0, 0.1) is 6.92 Å². The molecule has 0 radical (unpaired) electrons. The molecular weight excluding hydrogens is 354 g/mol. The number of rotatable bonds is 6. The topological polar surface area (TPSA) is 105 Å². The molecule has 0 aromatic carbocycles. The van der Waals surface area contributed by atoms with Gasteiger partial charge >= 0.3 is 0 Å². The normalized spacial score (nSPS) is 21.1. The molecule has 0 aliphatic carbocycles. The lowest BCUT2D eigenvalue weighted by atomic mass is 10.0. The van der Waals surface area contributed by atoms with E-state index >= 15 is 0 Å². The van der Waals surface area contributed by atoms with Crippen LogP contribution in [0.3, 0.4) is 0 Å². The third kappa shape index (κ3) is 5.73. The van der Waals surface area contributed by atoms with E-state index < -0.39 is 10.0 Å². The largest absolute Gasteiger partial charge is 0.353 e. The molecule has 1 saturated heterocycles. The van der Waals surface area contributed by atoms with Crippen LogP contribution in [-0.2, 0) is 21.9 Å². The Hall–Kier alpha value is -1.16. The summed E-state index contributed by atoms with van der Waals surface area (Å²) in [5.41, 5.74) is 0. The number of imidazole rings is 1. The van der Waals surface area contributed by atoms with Gasteiger partial charge in [0.05, 0.1) is 0 Å². The maximum Gasteiger partial charge on any atom is 0.259 e. The number of nitrogens with zero attached hydrogens (tertiary/aromatic N) is 2. The molecule has 1 aliphatic rings. The van der Waals surface area contributed by atoms with Crippen molar-refractivity contribution >= 4 is 28.3 Å². The molecule has 2 unspecified atom stereocenters. The molecule has 0 bridgehead atoms. The standard InChI is InChI=1S/C14H25N5O3S.ClH/c1-10-8-12(4-6-15-10)18-13(20)5-7-16-23(21,22)14-9-19(3)11(2)17-14;/h9-10,12,15-16H,4-8H2,1-3H3,(H,18,20);1H. The van der Waals surface area contributed by atoms with Crippen LogP contribution in [-0.4, -0.2) is 49.0 Å². The number of amides is 1. The number of nitrogens with one attached hydrogen (secondary N) is 3. The summed E-state index contributed by atoms with van der Waals surface area (Å²) in [6, 6.07) is 0.550. The van der Waals surface area contributed by atoms with Gasteiger partial charge in [0.1, 0.15) is 5.82 Å². The van der Waals surface area contributed by atoms with Crippen molar-refractivity contribution in [2.45, 2.75) is 50.2 Å². The van der Waals surface area contributed by atoms with Crippen LogP contribution in [0.4, 0.5) is 0 Å². The summed E-state index contributed by atoms with van der Waals surface area (Å²) in [7, 11) is -1.94. The Morgan fingerprint density at radius 3 is 2.79 bits per heavy atom. The lowest BCUT2D eigenvalue weighted by molar-refractivity contribution is -0.121. The van der Waals surface area contributed by atoms with Crippen molar-refractivity contribution in [2.75, 3.05) is 13.1 Å². The van der Waals surface area contributed by atoms with Crippen LogP contribution in [0.25, 0.3) is 0 Å². The molecule has 1 fully saturated rings. The molecule has 3 N–H and O–H groups in total. The molecule has 1 aliphatic heterocycles. The van der Waals surface area contributed by atoms with Gasteiger partial charge in [-0.15, -0.1) is 12.4 Å². The first kappa shape index (κ1) is 20.9. The Morgan fingerprint density at radius 2 is 2.21 bits per heavy atom. The molecule has 2 heterocycles. The molecule has 1 amide bonds. The molecule has 1 aromatic rings. The van der Waals surface area contributed by atoms with Crippen LogP contribution < -0.4 is 15.4 Å². The van der Waals surface area contributed by atoms with E-state index in [9.17, 15) is 13.2 Å². The maximum atomic E-state index is 12.1. The number of piperidine rings is 1. The number of carbonyl (C=O) groups excluding carboxylic acids is 1. The van der Waals surface area contributed by atoms with Gasteiger partial charge in [-0.05, 0) is 33.2 Å². The van der Waals surface area contributed by atoms with E-state index in [-0.39, 0.29) is 42.3 Å². The Bertz CT molecular complexity index is 642. The van der Waals surface area contributed by atoms with Crippen molar-refractivity contribution in [3.63, 3.8) is 0 Å². The molecule has 10 heteroatoms. The molecule has 2 rings (SSSR count). The molecule has 0 spiro atoms. The van der Waals surface area contributed by atoms with Crippen LogP contribution in [0.15, 0.2) is 11.2 Å². The number of aromatic nitrogens is 2. The van der Waals surface area contributed by atoms with Gasteiger partial charge in [-0.2, -0.15) is 0 Å². The lowest BCUT2D eigenvalue weighted by Gasteiger charge is -2.28. The van der Waals surface area contributed by atoms with E-state index in [1.54, 1.807) is 18.5 Å². The highest BCUT2D eigenvalue weighted by molar-refractivity contribution is 7.89. The van der Waals surface area contributed by atoms with E-state index in [4.69, 9.17) is 0 Å². The zero-order chi connectivity index (χ0) is 17.0. The second kappa shape index (κ2) is 8.80. The minimum atomic E-state index is -3.67. The van der Waals surface area contributed by atoms with Crippen molar-refractivity contribution in [1.29, 1.82) is 0 Å². The molecule has 138 valence electrons. The fraction of sp³-hybridized carbons (Fsp3) is 0.714. The van der Waals surface area contributed by atoms with Crippen LogP contribution in [0.1, 0.15) is 32.0 Å². The van der Waals surface area contributed by atoms with Gasteiger partial charge in [0.25, 0.3) is 10.0 Å². The van der Waals surface area contributed by atoms with Crippen molar-refractivity contribution in [3.05, 3.63) is 12.0 Å². The van der Waals surface area contributed by atoms with Gasteiger partial charge in [0.2, 0.25) is 5.91 Å². The molecule has 1 aromatic heterocycles. The molecule has 2 atom stereocenters. The minimum Gasteiger partial charge on any atom is -0.353 e. The average Bonchev–Trinajstić information content (AvgIpc) is 2.79. The highest BCUT2D eigenvalue weighted by atomic mass is 35.5. The SMILES string of the molecule is Cc1nc(S(=O)(=O)NCCC(=O)NC2CCNC(C)C2)cn1C.Cl. The summed E-state index contributed by atoms with van der Waals surface area (Å²) in [5, 5.41) is 6.25. The average molecular weight is 380 g/mol. The van der Waals surface area contributed by atoms with Crippen molar-refractivity contribution in [1.82, 2.24) is 24.9 Å². The highest BCUT2D eigenvalue weighted by Crippen LogP contribution is 2.09. The smallest absolute Gasteiger partial charge is 0.259 e. The van der Waals surface area contributed by atoms with E-state index in [1.807, 2.05) is 0 Å². The summed E-state index contributed by atoms with van der Waals surface area (Å²) >= 11 is 0. The molecule has 24 heavy (non-hydrogen) atoms. The highest BCUT2D eigenvalue weighted by Gasteiger charge is 2.21. The van der Waals surface area contributed by atoms with Gasteiger partial charge in [0, 0.05) is 38.3 Å². The van der Waals surface area contributed by atoms with Crippen LogP contribution in [0.5, 0.6) is 0 Å². The van der Waals surface area contributed by atoms with Gasteiger partial charge in [-0.1, -0.05) is 0 Å². The predicted octanol–water partition coefficient (Wildman–Crippen LogP) is 0.0754. The monoisotopic (exact) mass is 379 g/mol. The summed E-state index contributed by atoms with van der Waals surface area (Å²) < 4.78 is 28.2. The number of sulfonamides is 1. The zero-order valence-corrected chi connectivity index (χ0v) is 15.8. The second-order valence-corrected chi connectivity index (χ2v) is 7.74. The Labute approximate surface area is 149 Å². The van der Waals surface area contributed by atoms with Gasteiger partial charge in [0.15, 0.2) is 5.03 Å². The van der Waals surface area contributed by atoms with E-state index in [0.717, 1.165) is 19.4 Å². The van der Waals surface area contributed by atoms with Crippen molar-refractivity contribution < 1.29 is 13.2 Å². The fourth-order valence-corrected chi connectivity index (χ4v) is 3.66. The summed E-state index contributed by atoms with van der Waals surface area (Å²) in [4.78, 5) is 15.9. The number of hydrogen-bond acceptors (Lipinski definition) is 5. The van der Waals surface area contributed by atoms with E-state index in [2.05, 4.69) is 27.3 Å². The first-order chi connectivity index (χ1) is 10.8. The van der Waals surface area contributed by atoms with Gasteiger partial charge < -0.3 is 15.2 Å². The summed E-state index contributed by atoms with van der Waals surface area (Å²) in [6.45, 7) is 4.76. The lowest BCUT2D eigenvalue weighted by Crippen LogP contribution is -2.47. The minimum absolute atomic E-state index is 0. The van der Waals surface area contributed by atoms with Crippen molar-refractivity contribution in [2.24, 2.45) is 7.05 Å².